The normalized spacial score (nSPS) is 24.0. The predicted octanol–water partition coefficient (Wildman–Crippen LogP) is 4.08. The third kappa shape index (κ3) is 2.72. The monoisotopic (exact) mass is 270 g/mol. The van der Waals surface area contributed by atoms with E-state index in [9.17, 15) is 4.39 Å². The molecule has 0 aromatic heterocycles. The number of anilines is 2. The van der Waals surface area contributed by atoms with Gasteiger partial charge in [0.2, 0.25) is 0 Å². The van der Waals surface area contributed by atoms with Gasteiger partial charge in [0, 0.05) is 19.2 Å². The molecular weight excluding hydrogens is 251 g/mol. The summed E-state index contributed by atoms with van der Waals surface area (Å²) in [5.74, 6) is 0.321. The Morgan fingerprint density at radius 2 is 2.11 bits per heavy atom. The summed E-state index contributed by atoms with van der Waals surface area (Å²) in [6.07, 6.45) is 4.80. The van der Waals surface area contributed by atoms with Crippen LogP contribution >= 0.6 is 11.6 Å². The van der Waals surface area contributed by atoms with Crippen LogP contribution in [0.4, 0.5) is 15.8 Å². The number of rotatable bonds is 2. The second-order valence-corrected chi connectivity index (χ2v) is 5.77. The summed E-state index contributed by atoms with van der Waals surface area (Å²) < 4.78 is 13.5. The van der Waals surface area contributed by atoms with Crippen LogP contribution in [0.25, 0.3) is 0 Å². The summed E-state index contributed by atoms with van der Waals surface area (Å²) in [6, 6.07) is 3.38. The van der Waals surface area contributed by atoms with Gasteiger partial charge in [0.15, 0.2) is 0 Å². The number of nitrogens with zero attached hydrogens (tertiary/aromatic N) is 1. The van der Waals surface area contributed by atoms with Gasteiger partial charge in [-0.1, -0.05) is 31.4 Å². The Balaban J connectivity index is 2.22. The van der Waals surface area contributed by atoms with Crippen molar-refractivity contribution < 1.29 is 4.39 Å². The van der Waals surface area contributed by atoms with Gasteiger partial charge in [0.1, 0.15) is 5.82 Å². The molecule has 1 aliphatic carbocycles. The number of benzene rings is 1. The zero-order valence-electron chi connectivity index (χ0n) is 10.9. The molecule has 2 N–H and O–H groups in total. The number of hydrogen-bond donors (Lipinski definition) is 1. The Morgan fingerprint density at radius 3 is 2.78 bits per heavy atom. The van der Waals surface area contributed by atoms with Crippen molar-refractivity contribution in [3.05, 3.63) is 23.0 Å². The molecule has 0 saturated heterocycles. The van der Waals surface area contributed by atoms with Gasteiger partial charge in [-0.15, -0.1) is 0 Å². The maximum atomic E-state index is 13.5. The van der Waals surface area contributed by atoms with Gasteiger partial charge in [-0.05, 0) is 24.8 Å². The fourth-order valence-electron chi connectivity index (χ4n) is 2.81. The Hall–Kier alpha value is -0.960. The lowest BCUT2D eigenvalue weighted by atomic mass is 9.86. The Kier molecular flexibility index (Phi) is 4.00. The predicted molar refractivity (Wildman–Crippen MR) is 75.6 cm³/mol. The van der Waals surface area contributed by atoms with Gasteiger partial charge in [-0.3, -0.25) is 0 Å². The van der Waals surface area contributed by atoms with Crippen molar-refractivity contribution in [2.75, 3.05) is 17.7 Å². The lowest BCUT2D eigenvalue weighted by Crippen LogP contribution is -2.36. The van der Waals surface area contributed by atoms with Crippen LogP contribution in [0.3, 0.4) is 0 Å². The second kappa shape index (κ2) is 5.35. The third-order valence-electron chi connectivity index (χ3n) is 3.91. The molecule has 0 radical (unpaired) electrons. The van der Waals surface area contributed by atoms with Gasteiger partial charge >= 0.3 is 0 Å². The van der Waals surface area contributed by atoms with E-state index in [4.69, 9.17) is 17.3 Å². The van der Waals surface area contributed by atoms with Gasteiger partial charge in [-0.2, -0.15) is 0 Å². The molecule has 18 heavy (non-hydrogen) atoms. The van der Waals surface area contributed by atoms with E-state index in [1.54, 1.807) is 0 Å². The lowest BCUT2D eigenvalue weighted by Gasteiger charge is -2.36. The van der Waals surface area contributed by atoms with Crippen molar-refractivity contribution in [2.45, 2.75) is 38.6 Å². The quantitative estimate of drug-likeness (QED) is 0.821. The molecule has 2 atom stereocenters. The minimum atomic E-state index is -0.406. The molecule has 2 nitrogen and oxygen atoms in total. The van der Waals surface area contributed by atoms with Gasteiger partial charge in [0.05, 0.1) is 16.4 Å². The highest BCUT2D eigenvalue weighted by Gasteiger charge is 2.24. The van der Waals surface area contributed by atoms with Gasteiger partial charge in [-0.25, -0.2) is 4.39 Å². The molecule has 1 aliphatic rings. The number of nitrogens with two attached hydrogens (primary N) is 1. The van der Waals surface area contributed by atoms with Crippen LogP contribution in [0, 0.1) is 11.7 Å². The Labute approximate surface area is 113 Å². The molecule has 2 rings (SSSR count). The molecule has 0 amide bonds. The van der Waals surface area contributed by atoms with E-state index in [2.05, 4.69) is 11.8 Å². The molecule has 1 fully saturated rings. The average Bonchev–Trinajstić information content (AvgIpc) is 2.33. The van der Waals surface area contributed by atoms with E-state index >= 15 is 0 Å². The second-order valence-electron chi connectivity index (χ2n) is 5.36. The highest BCUT2D eigenvalue weighted by Crippen LogP contribution is 2.34. The zero-order chi connectivity index (χ0) is 13.3. The van der Waals surface area contributed by atoms with Crippen molar-refractivity contribution in [3.63, 3.8) is 0 Å². The van der Waals surface area contributed by atoms with Gasteiger partial charge in [0.25, 0.3) is 0 Å². The minimum Gasteiger partial charge on any atom is -0.397 e. The molecule has 1 aromatic carbocycles. The van der Waals surface area contributed by atoms with Crippen LogP contribution in [-0.2, 0) is 0 Å². The first-order valence-corrected chi connectivity index (χ1v) is 6.84. The maximum Gasteiger partial charge on any atom is 0.144 e. The highest BCUT2D eigenvalue weighted by atomic mass is 35.5. The smallest absolute Gasteiger partial charge is 0.144 e. The summed E-state index contributed by atoms with van der Waals surface area (Å²) in [5.41, 5.74) is 7.23. The first-order valence-electron chi connectivity index (χ1n) is 6.46. The van der Waals surface area contributed by atoms with E-state index in [1.165, 1.54) is 25.0 Å². The molecule has 1 saturated carbocycles. The topological polar surface area (TPSA) is 29.3 Å². The molecule has 1 aromatic rings. The average molecular weight is 271 g/mol. The number of halogens is 2. The Morgan fingerprint density at radius 1 is 1.39 bits per heavy atom. The zero-order valence-corrected chi connectivity index (χ0v) is 11.7. The van der Waals surface area contributed by atoms with Crippen molar-refractivity contribution in [3.8, 4) is 0 Å². The van der Waals surface area contributed by atoms with Crippen LogP contribution in [0.1, 0.15) is 32.6 Å². The fraction of sp³-hybridized carbons (Fsp3) is 0.571. The van der Waals surface area contributed by atoms with E-state index < -0.39 is 5.82 Å². The standard InChI is InChI=1S/C14H20ClFN2/c1-9-4-3-5-10(6-9)18(2)14-8-12(16)11(15)7-13(14)17/h7-10H,3-6,17H2,1-2H3. The molecule has 2 unspecified atom stereocenters. The lowest BCUT2D eigenvalue weighted by molar-refractivity contribution is 0.336. The molecule has 0 bridgehead atoms. The first-order chi connectivity index (χ1) is 8.49. The van der Waals surface area contributed by atoms with Crippen molar-refractivity contribution >= 4 is 23.0 Å². The molecule has 0 heterocycles. The summed E-state index contributed by atoms with van der Waals surface area (Å²) in [6.45, 7) is 2.27. The van der Waals surface area contributed by atoms with Crippen LogP contribution in [0.5, 0.6) is 0 Å². The molecular formula is C14H20ClFN2. The maximum absolute atomic E-state index is 13.5. The SMILES string of the molecule is CC1CCCC(N(C)c2cc(F)c(Cl)cc2N)C1. The van der Waals surface area contributed by atoms with Crippen LogP contribution in [0.2, 0.25) is 5.02 Å². The summed E-state index contributed by atoms with van der Waals surface area (Å²) in [7, 11) is 1.99. The van der Waals surface area contributed by atoms with Crippen molar-refractivity contribution in [1.29, 1.82) is 0 Å². The van der Waals surface area contributed by atoms with Crippen LogP contribution < -0.4 is 10.6 Å². The summed E-state index contributed by atoms with van der Waals surface area (Å²) in [4.78, 5) is 2.10. The van der Waals surface area contributed by atoms with Crippen molar-refractivity contribution in [1.82, 2.24) is 0 Å². The first kappa shape index (κ1) is 13.5. The minimum absolute atomic E-state index is 0.0849. The largest absolute Gasteiger partial charge is 0.397 e. The van der Waals surface area contributed by atoms with Crippen molar-refractivity contribution in [2.24, 2.45) is 5.92 Å². The fourth-order valence-corrected chi connectivity index (χ4v) is 2.98. The molecule has 0 spiro atoms. The van der Waals surface area contributed by atoms with Crippen LogP contribution in [0.15, 0.2) is 12.1 Å². The van der Waals surface area contributed by atoms with E-state index in [0.717, 1.165) is 24.4 Å². The summed E-state index contributed by atoms with van der Waals surface area (Å²) >= 11 is 5.73. The molecule has 4 heteroatoms. The van der Waals surface area contributed by atoms with Gasteiger partial charge < -0.3 is 10.6 Å². The molecule has 100 valence electrons. The highest BCUT2D eigenvalue weighted by molar-refractivity contribution is 6.31. The Bertz CT molecular complexity index is 436. The third-order valence-corrected chi connectivity index (χ3v) is 4.20. The van der Waals surface area contributed by atoms with E-state index in [-0.39, 0.29) is 5.02 Å². The number of nitrogen functional groups attached to an aromatic ring is 1. The van der Waals surface area contributed by atoms with E-state index in [0.29, 0.717) is 11.7 Å². The van der Waals surface area contributed by atoms with E-state index in [1.807, 2.05) is 7.05 Å². The van der Waals surface area contributed by atoms with Crippen LogP contribution in [-0.4, -0.2) is 13.1 Å². The summed E-state index contributed by atoms with van der Waals surface area (Å²) in [5, 5.41) is 0.0849. The molecule has 0 aliphatic heterocycles. The number of hydrogen-bond acceptors (Lipinski definition) is 2.